The van der Waals surface area contributed by atoms with Gasteiger partial charge in [-0.3, -0.25) is 4.98 Å². The summed E-state index contributed by atoms with van der Waals surface area (Å²) in [4.78, 5) is 19.7. The first-order valence-electron chi connectivity index (χ1n) is 2.89. The number of aromatic amines is 2. The molecule has 0 unspecified atom stereocenters. The Morgan fingerprint density at radius 2 is 2.18 bits per heavy atom. The van der Waals surface area contributed by atoms with Gasteiger partial charge in [0.2, 0.25) is 0 Å². The maximum Gasteiger partial charge on any atom is 1.00 e. The fourth-order valence-corrected chi connectivity index (χ4v) is 0.867. The molecular weight excluding hydrogens is 153 g/mol. The molecule has 0 aliphatic rings. The number of nitrogens with zero attached hydrogens (tertiary/aromatic N) is 1. The van der Waals surface area contributed by atoms with Crippen molar-refractivity contribution in [1.82, 2.24) is 15.0 Å². The van der Waals surface area contributed by atoms with Gasteiger partial charge in [0.05, 0.1) is 5.52 Å². The first kappa shape index (κ1) is 8.52. The molecule has 0 aromatic carbocycles. The van der Waals surface area contributed by atoms with Crippen LogP contribution < -0.4 is 35.2 Å². The van der Waals surface area contributed by atoms with E-state index >= 15 is 0 Å². The molecule has 2 heterocycles. The van der Waals surface area contributed by atoms with E-state index < -0.39 is 0 Å². The zero-order valence-electron chi connectivity index (χ0n) is 6.09. The van der Waals surface area contributed by atoms with Gasteiger partial charge in [0.1, 0.15) is 0 Å². The van der Waals surface area contributed by atoms with Crippen molar-refractivity contribution in [3.05, 3.63) is 28.8 Å². The molecule has 0 radical (unpaired) electrons. The van der Waals surface area contributed by atoms with Gasteiger partial charge in [0.25, 0.3) is 0 Å². The number of H-pyrrole nitrogens is 2. The number of aromatic nitrogens is 3. The van der Waals surface area contributed by atoms with E-state index in [4.69, 9.17) is 0 Å². The Bertz CT molecular complexity index is 369. The topological polar surface area (TPSA) is 61.5 Å². The Labute approximate surface area is 84.3 Å². The Hall–Kier alpha value is -0.580. The van der Waals surface area contributed by atoms with Gasteiger partial charge >= 0.3 is 35.2 Å². The van der Waals surface area contributed by atoms with Crippen LogP contribution in [-0.4, -0.2) is 15.0 Å². The second kappa shape index (κ2) is 3.21. The largest absolute Gasteiger partial charge is 1.00 e. The first-order valence-corrected chi connectivity index (χ1v) is 2.89. The van der Waals surface area contributed by atoms with Gasteiger partial charge < -0.3 is 4.98 Å². The summed E-state index contributed by atoms with van der Waals surface area (Å²) in [6.07, 6.45) is 1.63. The number of fused-ring (bicyclic) bond motifs is 1. The summed E-state index contributed by atoms with van der Waals surface area (Å²) in [5.74, 6) is 0. The second-order valence-corrected chi connectivity index (χ2v) is 1.98. The number of rotatable bonds is 0. The first-order chi connectivity index (χ1) is 4.86. The fraction of sp³-hybridized carbons (Fsp3) is 0. The fourth-order valence-electron chi connectivity index (χ4n) is 0.867. The average Bonchev–Trinajstić information content (AvgIpc) is 2.27. The Morgan fingerprint density at radius 3 is 2.91 bits per heavy atom. The molecular formula is C6H5N3NaO+. The molecule has 0 bridgehead atoms. The molecule has 50 valence electrons. The van der Waals surface area contributed by atoms with Crippen molar-refractivity contribution in [2.24, 2.45) is 0 Å². The van der Waals surface area contributed by atoms with E-state index in [9.17, 15) is 4.79 Å². The summed E-state index contributed by atoms with van der Waals surface area (Å²) in [5, 5.41) is 0. The van der Waals surface area contributed by atoms with Crippen molar-refractivity contribution >= 4 is 11.2 Å². The van der Waals surface area contributed by atoms with E-state index in [1.54, 1.807) is 18.3 Å². The molecule has 2 rings (SSSR count). The van der Waals surface area contributed by atoms with Crippen LogP contribution in [0.15, 0.2) is 23.1 Å². The van der Waals surface area contributed by atoms with E-state index in [-0.39, 0.29) is 35.2 Å². The van der Waals surface area contributed by atoms with Crippen LogP contribution in [0.2, 0.25) is 0 Å². The van der Waals surface area contributed by atoms with Gasteiger partial charge in [-0.1, -0.05) is 0 Å². The molecule has 0 spiro atoms. The third-order valence-corrected chi connectivity index (χ3v) is 1.29. The molecule has 2 aromatic heterocycles. The maximum atomic E-state index is 10.6. The maximum absolute atomic E-state index is 10.6. The van der Waals surface area contributed by atoms with Crippen molar-refractivity contribution in [3.8, 4) is 0 Å². The van der Waals surface area contributed by atoms with E-state index in [1.807, 2.05) is 0 Å². The molecule has 0 saturated carbocycles. The number of hydrogen-bond donors (Lipinski definition) is 2. The molecule has 2 N–H and O–H groups in total. The summed E-state index contributed by atoms with van der Waals surface area (Å²) >= 11 is 0. The predicted molar refractivity (Wildman–Crippen MR) is 36.7 cm³/mol. The van der Waals surface area contributed by atoms with E-state index in [1.165, 1.54) is 0 Å². The van der Waals surface area contributed by atoms with Crippen molar-refractivity contribution < 1.29 is 29.6 Å². The van der Waals surface area contributed by atoms with E-state index in [0.717, 1.165) is 5.52 Å². The molecule has 5 heteroatoms. The van der Waals surface area contributed by atoms with Crippen LogP contribution in [-0.2, 0) is 0 Å². The van der Waals surface area contributed by atoms with Crippen molar-refractivity contribution in [1.29, 1.82) is 0 Å². The molecule has 0 amide bonds. The van der Waals surface area contributed by atoms with Crippen molar-refractivity contribution in [2.45, 2.75) is 0 Å². The smallest absolute Gasteiger partial charge is 0.304 e. The second-order valence-electron chi connectivity index (χ2n) is 1.98. The summed E-state index contributed by atoms with van der Waals surface area (Å²) in [6.45, 7) is 0. The van der Waals surface area contributed by atoms with Gasteiger partial charge in [0, 0.05) is 6.20 Å². The predicted octanol–water partition coefficient (Wildman–Crippen LogP) is -2.74. The number of hydrogen-bond acceptors (Lipinski definition) is 2. The molecule has 0 atom stereocenters. The minimum absolute atomic E-state index is 0. The van der Waals surface area contributed by atoms with Gasteiger partial charge in [-0.05, 0) is 12.1 Å². The molecule has 0 saturated heterocycles. The van der Waals surface area contributed by atoms with Crippen LogP contribution in [0, 0.1) is 0 Å². The molecule has 2 aromatic rings. The van der Waals surface area contributed by atoms with Crippen molar-refractivity contribution in [3.63, 3.8) is 0 Å². The minimum Gasteiger partial charge on any atom is -0.304 e. The van der Waals surface area contributed by atoms with E-state index in [0.29, 0.717) is 5.65 Å². The summed E-state index contributed by atoms with van der Waals surface area (Å²) in [7, 11) is 0. The molecule has 0 aliphatic heterocycles. The third-order valence-electron chi connectivity index (χ3n) is 1.29. The molecule has 0 fully saturated rings. The number of imidazole rings is 1. The van der Waals surface area contributed by atoms with Crippen LogP contribution in [0.4, 0.5) is 0 Å². The van der Waals surface area contributed by atoms with Crippen LogP contribution in [0.3, 0.4) is 0 Å². The molecule has 0 aliphatic carbocycles. The Kier molecular flexibility index (Phi) is 2.49. The minimum atomic E-state index is -0.214. The van der Waals surface area contributed by atoms with Crippen LogP contribution in [0.25, 0.3) is 11.2 Å². The summed E-state index contributed by atoms with van der Waals surface area (Å²) < 4.78 is 0. The molecule has 11 heavy (non-hydrogen) atoms. The SMILES string of the molecule is O=c1[nH]c2cccnc2[nH]1.[Na+]. The van der Waals surface area contributed by atoms with Gasteiger partial charge in [0.15, 0.2) is 5.65 Å². The van der Waals surface area contributed by atoms with Gasteiger partial charge in [-0.25, -0.2) is 9.78 Å². The zero-order chi connectivity index (χ0) is 6.97. The Morgan fingerprint density at radius 1 is 1.36 bits per heavy atom. The standard InChI is InChI=1S/C6H5N3O.Na/c10-6-8-4-2-1-3-7-5(4)9-6;/h1-3H,(H2,7,8,9,10);/q;+1. The van der Waals surface area contributed by atoms with Crippen LogP contribution in [0.5, 0.6) is 0 Å². The van der Waals surface area contributed by atoms with Gasteiger partial charge in [-0.15, -0.1) is 0 Å². The number of nitrogens with one attached hydrogen (secondary N) is 2. The molecule has 4 nitrogen and oxygen atoms in total. The van der Waals surface area contributed by atoms with E-state index in [2.05, 4.69) is 15.0 Å². The normalized spacial score (nSPS) is 9.45. The quantitative estimate of drug-likeness (QED) is 0.408. The third kappa shape index (κ3) is 1.53. The summed E-state index contributed by atoms with van der Waals surface area (Å²) in [5.41, 5.74) is 1.13. The monoisotopic (exact) mass is 158 g/mol. The van der Waals surface area contributed by atoms with Crippen molar-refractivity contribution in [2.75, 3.05) is 0 Å². The Balaban J connectivity index is 0.000000605. The van der Waals surface area contributed by atoms with Gasteiger partial charge in [-0.2, -0.15) is 0 Å². The average molecular weight is 158 g/mol. The summed E-state index contributed by atoms with van der Waals surface area (Å²) in [6, 6.07) is 3.56. The van der Waals surface area contributed by atoms with Crippen LogP contribution >= 0.6 is 0 Å². The van der Waals surface area contributed by atoms with Crippen LogP contribution in [0.1, 0.15) is 0 Å². The number of pyridine rings is 1. The zero-order valence-corrected chi connectivity index (χ0v) is 8.09.